The summed E-state index contributed by atoms with van der Waals surface area (Å²) in [7, 11) is 1.69. The first kappa shape index (κ1) is 14.9. The molecule has 0 saturated carbocycles. The van der Waals surface area contributed by atoms with Gasteiger partial charge in [0.05, 0.1) is 19.4 Å². The molecule has 20 heavy (non-hydrogen) atoms. The van der Waals surface area contributed by atoms with Gasteiger partial charge in [0, 0.05) is 28.0 Å². The van der Waals surface area contributed by atoms with Crippen molar-refractivity contribution < 1.29 is 9.84 Å². The number of aliphatic hydroxyl groups is 1. The predicted molar refractivity (Wildman–Crippen MR) is 82.2 cm³/mol. The Morgan fingerprint density at radius 2 is 1.90 bits per heavy atom. The molecule has 106 valence electrons. The third kappa shape index (κ3) is 3.32. The van der Waals surface area contributed by atoms with E-state index < -0.39 is 0 Å². The molecule has 4 heteroatoms. The Morgan fingerprint density at radius 1 is 1.20 bits per heavy atom. The van der Waals surface area contributed by atoms with Crippen molar-refractivity contribution in [2.75, 3.05) is 7.11 Å². The summed E-state index contributed by atoms with van der Waals surface area (Å²) in [5.74, 6) is 1.73. The lowest BCUT2D eigenvalue weighted by Crippen LogP contribution is -1.98. The summed E-state index contributed by atoms with van der Waals surface area (Å²) in [6.45, 7) is 4.13. The molecule has 0 aliphatic carbocycles. The minimum atomic E-state index is 0.0841. The third-order valence-electron chi connectivity index (χ3n) is 3.23. The number of methoxy groups -OCH3 is 1. The summed E-state index contributed by atoms with van der Waals surface area (Å²) in [6, 6.07) is 7.94. The minimum absolute atomic E-state index is 0.0841. The number of hydrogen-bond acceptors (Lipinski definition) is 4. The summed E-state index contributed by atoms with van der Waals surface area (Å²) in [6.07, 6.45) is 1.86. The zero-order valence-corrected chi connectivity index (χ0v) is 12.8. The van der Waals surface area contributed by atoms with Gasteiger partial charge in [0.25, 0.3) is 0 Å². The standard InChI is InChI=1S/C16H19NO2S/c1-11-8-17-15(12(2)16(11)19-3)10-20-14-6-4-13(9-18)5-7-14/h4-8,18H,9-10H2,1-3H3. The molecule has 0 radical (unpaired) electrons. The van der Waals surface area contributed by atoms with Gasteiger partial charge in [-0.1, -0.05) is 12.1 Å². The molecular weight excluding hydrogens is 270 g/mol. The molecule has 0 saturated heterocycles. The van der Waals surface area contributed by atoms with Crippen LogP contribution in [0.1, 0.15) is 22.4 Å². The maximum atomic E-state index is 9.03. The van der Waals surface area contributed by atoms with Crippen molar-refractivity contribution in [2.45, 2.75) is 31.1 Å². The van der Waals surface area contributed by atoms with Gasteiger partial charge in [-0.3, -0.25) is 4.98 Å². The SMILES string of the molecule is COc1c(C)cnc(CSc2ccc(CO)cc2)c1C. The van der Waals surface area contributed by atoms with E-state index in [1.54, 1.807) is 18.9 Å². The fourth-order valence-corrected chi connectivity index (χ4v) is 2.98. The number of pyridine rings is 1. The average Bonchev–Trinajstić information content (AvgIpc) is 2.47. The predicted octanol–water partition coefficient (Wildman–Crippen LogP) is 3.49. The highest BCUT2D eigenvalue weighted by molar-refractivity contribution is 7.98. The Labute approximate surface area is 124 Å². The van der Waals surface area contributed by atoms with E-state index in [2.05, 4.69) is 4.98 Å². The van der Waals surface area contributed by atoms with Gasteiger partial charge in [-0.25, -0.2) is 0 Å². The molecule has 2 aromatic rings. The Kier molecular flexibility index (Phi) is 5.04. The van der Waals surface area contributed by atoms with Crippen molar-refractivity contribution in [1.82, 2.24) is 4.98 Å². The van der Waals surface area contributed by atoms with E-state index in [-0.39, 0.29) is 6.61 Å². The maximum absolute atomic E-state index is 9.03. The van der Waals surface area contributed by atoms with Gasteiger partial charge in [0.15, 0.2) is 0 Å². The van der Waals surface area contributed by atoms with Crippen molar-refractivity contribution in [1.29, 1.82) is 0 Å². The fraction of sp³-hybridized carbons (Fsp3) is 0.312. The zero-order chi connectivity index (χ0) is 14.5. The van der Waals surface area contributed by atoms with Gasteiger partial charge in [-0.15, -0.1) is 11.8 Å². The van der Waals surface area contributed by atoms with Crippen molar-refractivity contribution in [3.63, 3.8) is 0 Å². The third-order valence-corrected chi connectivity index (χ3v) is 4.25. The molecule has 0 amide bonds. The lowest BCUT2D eigenvalue weighted by Gasteiger charge is -2.12. The van der Waals surface area contributed by atoms with Crippen LogP contribution in [0.3, 0.4) is 0 Å². The van der Waals surface area contributed by atoms with Crippen molar-refractivity contribution in [3.8, 4) is 5.75 Å². The van der Waals surface area contributed by atoms with Crippen LogP contribution >= 0.6 is 11.8 Å². The number of ether oxygens (including phenoxy) is 1. The van der Waals surface area contributed by atoms with Gasteiger partial charge < -0.3 is 9.84 Å². The zero-order valence-electron chi connectivity index (χ0n) is 12.0. The first-order chi connectivity index (χ1) is 9.65. The molecule has 0 bridgehead atoms. The molecular formula is C16H19NO2S. The fourth-order valence-electron chi connectivity index (χ4n) is 2.06. The summed E-state index contributed by atoms with van der Waals surface area (Å²) in [5.41, 5.74) is 4.14. The quantitative estimate of drug-likeness (QED) is 0.856. The smallest absolute Gasteiger partial charge is 0.128 e. The Morgan fingerprint density at radius 3 is 2.50 bits per heavy atom. The van der Waals surface area contributed by atoms with Crippen LogP contribution in [0.4, 0.5) is 0 Å². The molecule has 1 aromatic carbocycles. The van der Waals surface area contributed by atoms with E-state index >= 15 is 0 Å². The first-order valence-electron chi connectivity index (χ1n) is 6.47. The molecule has 3 nitrogen and oxygen atoms in total. The van der Waals surface area contributed by atoms with Crippen molar-refractivity contribution in [3.05, 3.63) is 52.8 Å². The lowest BCUT2D eigenvalue weighted by molar-refractivity contribution is 0.282. The van der Waals surface area contributed by atoms with E-state index in [0.717, 1.165) is 33.9 Å². The van der Waals surface area contributed by atoms with Crippen LogP contribution in [0, 0.1) is 13.8 Å². The van der Waals surface area contributed by atoms with Crippen LogP contribution in [-0.4, -0.2) is 17.2 Å². The van der Waals surface area contributed by atoms with E-state index in [0.29, 0.717) is 0 Å². The number of aliphatic hydroxyl groups excluding tert-OH is 1. The highest BCUT2D eigenvalue weighted by Gasteiger charge is 2.09. The van der Waals surface area contributed by atoms with E-state index in [1.807, 2.05) is 44.3 Å². The number of benzene rings is 1. The first-order valence-corrected chi connectivity index (χ1v) is 7.46. The van der Waals surface area contributed by atoms with E-state index in [4.69, 9.17) is 9.84 Å². The van der Waals surface area contributed by atoms with Crippen LogP contribution in [0.15, 0.2) is 35.4 Å². The molecule has 0 aliphatic rings. The topological polar surface area (TPSA) is 42.4 Å². The molecule has 0 spiro atoms. The van der Waals surface area contributed by atoms with Gasteiger partial charge in [-0.2, -0.15) is 0 Å². The molecule has 0 fully saturated rings. The Balaban J connectivity index is 2.10. The summed E-state index contributed by atoms with van der Waals surface area (Å²) < 4.78 is 5.42. The normalized spacial score (nSPS) is 10.6. The molecule has 0 atom stereocenters. The van der Waals surface area contributed by atoms with Gasteiger partial charge in [-0.05, 0) is 31.5 Å². The molecule has 0 unspecified atom stereocenters. The second-order valence-corrected chi connectivity index (χ2v) is 5.69. The molecule has 1 N–H and O–H groups in total. The number of aromatic nitrogens is 1. The molecule has 1 heterocycles. The average molecular weight is 289 g/mol. The monoisotopic (exact) mass is 289 g/mol. The van der Waals surface area contributed by atoms with Crippen molar-refractivity contribution >= 4 is 11.8 Å². The van der Waals surface area contributed by atoms with Crippen LogP contribution in [0.5, 0.6) is 5.75 Å². The maximum Gasteiger partial charge on any atom is 0.128 e. The van der Waals surface area contributed by atoms with Crippen LogP contribution in [0.2, 0.25) is 0 Å². The summed E-state index contributed by atoms with van der Waals surface area (Å²) >= 11 is 1.73. The van der Waals surface area contributed by atoms with Crippen LogP contribution in [-0.2, 0) is 12.4 Å². The highest BCUT2D eigenvalue weighted by atomic mass is 32.2. The summed E-state index contributed by atoms with van der Waals surface area (Å²) in [4.78, 5) is 5.66. The van der Waals surface area contributed by atoms with E-state index in [1.165, 1.54) is 4.90 Å². The van der Waals surface area contributed by atoms with Crippen LogP contribution < -0.4 is 4.74 Å². The molecule has 1 aromatic heterocycles. The minimum Gasteiger partial charge on any atom is -0.496 e. The Bertz CT molecular complexity index is 582. The number of thioether (sulfide) groups is 1. The highest BCUT2D eigenvalue weighted by Crippen LogP contribution is 2.29. The van der Waals surface area contributed by atoms with Crippen LogP contribution in [0.25, 0.3) is 0 Å². The second kappa shape index (κ2) is 6.77. The Hall–Kier alpha value is -1.52. The largest absolute Gasteiger partial charge is 0.496 e. The number of rotatable bonds is 5. The summed E-state index contributed by atoms with van der Waals surface area (Å²) in [5, 5.41) is 9.03. The lowest BCUT2D eigenvalue weighted by atomic mass is 10.1. The van der Waals surface area contributed by atoms with Gasteiger partial charge in [0.2, 0.25) is 0 Å². The number of nitrogens with zero attached hydrogens (tertiary/aromatic N) is 1. The molecule has 2 rings (SSSR count). The van der Waals surface area contributed by atoms with Crippen molar-refractivity contribution in [2.24, 2.45) is 0 Å². The number of aryl methyl sites for hydroxylation is 1. The number of hydrogen-bond donors (Lipinski definition) is 1. The van der Waals surface area contributed by atoms with Gasteiger partial charge in [0.1, 0.15) is 5.75 Å². The van der Waals surface area contributed by atoms with E-state index in [9.17, 15) is 0 Å². The molecule has 0 aliphatic heterocycles. The van der Waals surface area contributed by atoms with Gasteiger partial charge >= 0.3 is 0 Å². The second-order valence-electron chi connectivity index (χ2n) is 4.64.